The molecule has 9 heteroatoms. The Morgan fingerprint density at radius 2 is 1.67 bits per heavy atom. The zero-order valence-electron chi connectivity index (χ0n) is 17.2. The lowest BCUT2D eigenvalue weighted by Crippen LogP contribution is -2.42. The van der Waals surface area contributed by atoms with Crippen molar-refractivity contribution >= 4 is 11.6 Å². The number of pyridine rings is 1. The van der Waals surface area contributed by atoms with E-state index in [1.807, 2.05) is 12.1 Å². The fraction of sp³-hybridized carbons (Fsp3) is 0.250. The van der Waals surface area contributed by atoms with Crippen LogP contribution in [0, 0.1) is 0 Å². The van der Waals surface area contributed by atoms with Crippen molar-refractivity contribution in [2.45, 2.75) is 18.1 Å². The van der Waals surface area contributed by atoms with Gasteiger partial charge in [-0.1, -0.05) is 24.3 Å². The lowest BCUT2D eigenvalue weighted by molar-refractivity contribution is -0.141. The average molecular weight is 454 g/mol. The molecule has 0 aliphatic carbocycles. The maximum atomic E-state index is 13.9. The highest BCUT2D eigenvalue weighted by atomic mass is 19.4. The molecule has 1 unspecified atom stereocenters. The predicted octanol–water partition coefficient (Wildman–Crippen LogP) is 4.10. The molecule has 3 aromatic rings. The number of benzene rings is 2. The summed E-state index contributed by atoms with van der Waals surface area (Å²) in [4.78, 5) is 19.2. The van der Waals surface area contributed by atoms with Crippen LogP contribution in [-0.4, -0.2) is 30.7 Å². The first-order valence-corrected chi connectivity index (χ1v) is 10.4. The number of amides is 1. The Kier molecular flexibility index (Phi) is 4.14. The van der Waals surface area contributed by atoms with Crippen molar-refractivity contribution in [1.82, 2.24) is 4.98 Å². The van der Waals surface area contributed by atoms with Crippen LogP contribution in [-0.2, 0) is 22.9 Å². The second-order valence-corrected chi connectivity index (χ2v) is 8.11. The summed E-state index contributed by atoms with van der Waals surface area (Å²) in [5, 5.41) is 0. The standard InChI is InChI=1S/C24H17F3N2O4/c25-24(26,27)21-7-3-4-14(28-21)12-29-17-6-2-1-5-15(17)23(22(29)30)13-33-18-11-20-19(10-16(18)23)31-8-9-32-20/h1-7,10-11H,8-9,12-13H2. The van der Waals surface area contributed by atoms with E-state index in [1.54, 1.807) is 24.3 Å². The molecule has 6 nitrogen and oxygen atoms in total. The van der Waals surface area contributed by atoms with E-state index in [-0.39, 0.29) is 24.8 Å². The Balaban J connectivity index is 1.45. The SMILES string of the molecule is O=C1N(Cc2cccc(C(F)(F)F)n2)c2ccccc2C12COc1cc3c(cc12)OCCO3. The molecule has 1 aromatic heterocycles. The minimum absolute atomic E-state index is 0.0770. The Labute approximate surface area is 186 Å². The van der Waals surface area contributed by atoms with Crippen LogP contribution in [0.5, 0.6) is 17.2 Å². The Bertz CT molecular complexity index is 1290. The fourth-order valence-corrected chi connectivity index (χ4v) is 4.76. The number of carbonyl (C=O) groups excluding carboxylic acids is 1. The van der Waals surface area contributed by atoms with Crippen molar-refractivity contribution in [3.8, 4) is 17.2 Å². The van der Waals surface area contributed by atoms with Gasteiger partial charge in [0, 0.05) is 17.3 Å². The third kappa shape index (κ3) is 2.88. The van der Waals surface area contributed by atoms with E-state index in [0.29, 0.717) is 41.7 Å². The summed E-state index contributed by atoms with van der Waals surface area (Å²) >= 11 is 0. The van der Waals surface area contributed by atoms with Gasteiger partial charge in [0.15, 0.2) is 11.5 Å². The molecule has 1 atom stereocenters. The number of hydrogen-bond donors (Lipinski definition) is 0. The topological polar surface area (TPSA) is 60.9 Å². The fourth-order valence-electron chi connectivity index (χ4n) is 4.76. The Hall–Kier alpha value is -3.75. The zero-order valence-corrected chi connectivity index (χ0v) is 17.2. The number of anilines is 1. The third-order valence-corrected chi connectivity index (χ3v) is 6.23. The van der Waals surface area contributed by atoms with Gasteiger partial charge in [0.05, 0.1) is 12.2 Å². The zero-order chi connectivity index (χ0) is 22.8. The molecule has 168 valence electrons. The molecular weight excluding hydrogens is 437 g/mol. The maximum Gasteiger partial charge on any atom is 0.433 e. The molecule has 0 bridgehead atoms. The number of nitrogens with zero attached hydrogens (tertiary/aromatic N) is 2. The summed E-state index contributed by atoms with van der Waals surface area (Å²) in [6.07, 6.45) is -4.57. The molecule has 4 heterocycles. The van der Waals surface area contributed by atoms with Crippen LogP contribution in [0.25, 0.3) is 0 Å². The smallest absolute Gasteiger partial charge is 0.433 e. The van der Waals surface area contributed by atoms with Gasteiger partial charge < -0.3 is 19.1 Å². The quantitative estimate of drug-likeness (QED) is 0.584. The summed E-state index contributed by atoms with van der Waals surface area (Å²) in [5.74, 6) is 1.34. The molecule has 3 aliphatic rings. The largest absolute Gasteiger partial charge is 0.491 e. The molecule has 0 radical (unpaired) electrons. The van der Waals surface area contributed by atoms with Crippen LogP contribution in [0.3, 0.4) is 0 Å². The van der Waals surface area contributed by atoms with Gasteiger partial charge in [0.25, 0.3) is 0 Å². The van der Waals surface area contributed by atoms with Gasteiger partial charge in [-0.05, 0) is 29.8 Å². The predicted molar refractivity (Wildman–Crippen MR) is 111 cm³/mol. The first-order chi connectivity index (χ1) is 15.9. The highest BCUT2D eigenvalue weighted by Gasteiger charge is 2.57. The number of ether oxygens (including phenoxy) is 3. The number of alkyl halides is 3. The summed E-state index contributed by atoms with van der Waals surface area (Å²) in [6.45, 7) is 0.809. The monoisotopic (exact) mass is 454 g/mol. The second kappa shape index (κ2) is 6.87. The van der Waals surface area contributed by atoms with E-state index in [2.05, 4.69) is 4.98 Å². The molecule has 0 saturated heterocycles. The molecule has 33 heavy (non-hydrogen) atoms. The number of halogens is 3. The van der Waals surface area contributed by atoms with Crippen LogP contribution in [0.4, 0.5) is 18.9 Å². The summed E-state index contributed by atoms with van der Waals surface area (Å²) in [7, 11) is 0. The van der Waals surface area contributed by atoms with Gasteiger partial charge in [-0.15, -0.1) is 0 Å². The van der Waals surface area contributed by atoms with E-state index in [4.69, 9.17) is 14.2 Å². The molecule has 6 rings (SSSR count). The summed E-state index contributed by atoms with van der Waals surface area (Å²) < 4.78 is 56.8. The van der Waals surface area contributed by atoms with E-state index in [0.717, 1.165) is 11.6 Å². The van der Waals surface area contributed by atoms with Crippen molar-refractivity contribution in [1.29, 1.82) is 0 Å². The number of fused-ring (bicyclic) bond motifs is 5. The van der Waals surface area contributed by atoms with Crippen molar-refractivity contribution in [3.05, 3.63) is 77.1 Å². The van der Waals surface area contributed by atoms with Crippen LogP contribution in [0.1, 0.15) is 22.5 Å². The van der Waals surface area contributed by atoms with Crippen LogP contribution in [0.2, 0.25) is 0 Å². The van der Waals surface area contributed by atoms with Crippen molar-refractivity contribution in [3.63, 3.8) is 0 Å². The average Bonchev–Trinajstić information content (AvgIpc) is 3.29. The van der Waals surface area contributed by atoms with Crippen LogP contribution >= 0.6 is 0 Å². The molecule has 0 saturated carbocycles. The number of para-hydroxylation sites is 1. The second-order valence-electron chi connectivity index (χ2n) is 8.11. The van der Waals surface area contributed by atoms with Gasteiger partial charge >= 0.3 is 6.18 Å². The Morgan fingerprint density at radius 1 is 0.909 bits per heavy atom. The molecule has 2 aromatic carbocycles. The first kappa shape index (κ1) is 19.9. The van der Waals surface area contributed by atoms with Crippen LogP contribution in [0.15, 0.2) is 54.6 Å². The third-order valence-electron chi connectivity index (χ3n) is 6.23. The lowest BCUT2D eigenvalue weighted by atomic mass is 9.77. The van der Waals surface area contributed by atoms with Gasteiger partial charge in [-0.3, -0.25) is 4.79 Å². The van der Waals surface area contributed by atoms with E-state index in [9.17, 15) is 18.0 Å². The molecule has 1 amide bonds. The minimum atomic E-state index is -4.57. The minimum Gasteiger partial charge on any atom is -0.491 e. The van der Waals surface area contributed by atoms with E-state index >= 15 is 0 Å². The molecule has 3 aliphatic heterocycles. The lowest BCUT2D eigenvalue weighted by Gasteiger charge is -2.24. The molecular formula is C24H17F3N2O4. The maximum absolute atomic E-state index is 13.9. The summed E-state index contributed by atoms with van der Waals surface area (Å²) in [5.41, 5.74) is 0.0390. The number of aromatic nitrogens is 1. The van der Waals surface area contributed by atoms with Crippen LogP contribution < -0.4 is 19.1 Å². The van der Waals surface area contributed by atoms with Gasteiger partial charge in [0.1, 0.15) is 36.7 Å². The number of carbonyl (C=O) groups is 1. The van der Waals surface area contributed by atoms with E-state index in [1.165, 1.54) is 17.0 Å². The van der Waals surface area contributed by atoms with E-state index < -0.39 is 17.3 Å². The Morgan fingerprint density at radius 3 is 2.45 bits per heavy atom. The van der Waals surface area contributed by atoms with Crippen molar-refractivity contribution in [2.75, 3.05) is 24.7 Å². The molecule has 1 spiro atoms. The first-order valence-electron chi connectivity index (χ1n) is 10.4. The van der Waals surface area contributed by atoms with Crippen molar-refractivity contribution in [2.24, 2.45) is 0 Å². The van der Waals surface area contributed by atoms with Gasteiger partial charge in [0.2, 0.25) is 5.91 Å². The molecule has 0 fully saturated rings. The highest BCUT2D eigenvalue weighted by molar-refractivity contribution is 6.11. The highest BCUT2D eigenvalue weighted by Crippen LogP contribution is 2.55. The number of hydrogen-bond acceptors (Lipinski definition) is 5. The van der Waals surface area contributed by atoms with Gasteiger partial charge in [-0.25, -0.2) is 4.98 Å². The number of rotatable bonds is 2. The normalized spacial score (nSPS) is 20.6. The van der Waals surface area contributed by atoms with Crippen molar-refractivity contribution < 1.29 is 32.2 Å². The molecule has 0 N–H and O–H groups in total. The summed E-state index contributed by atoms with van der Waals surface area (Å²) in [6, 6.07) is 14.4. The van der Waals surface area contributed by atoms with Gasteiger partial charge in [-0.2, -0.15) is 13.2 Å².